The second kappa shape index (κ2) is 11.6. The van der Waals surface area contributed by atoms with E-state index in [2.05, 4.69) is 12.2 Å². The van der Waals surface area contributed by atoms with Crippen LogP contribution in [0.1, 0.15) is 70.6 Å². The first-order chi connectivity index (χ1) is 13.0. The molecule has 1 fully saturated rings. The van der Waals surface area contributed by atoms with Crippen molar-refractivity contribution in [2.75, 3.05) is 0 Å². The average Bonchev–Trinajstić information content (AvgIpc) is 2.89. The van der Waals surface area contributed by atoms with Gasteiger partial charge in [-0.05, 0) is 50.4 Å². The van der Waals surface area contributed by atoms with Crippen molar-refractivity contribution in [1.29, 1.82) is 0 Å². The van der Waals surface area contributed by atoms with Crippen LogP contribution in [0, 0.1) is 17.8 Å². The Morgan fingerprint density at radius 2 is 1.89 bits per heavy atom. The van der Waals surface area contributed by atoms with E-state index < -0.39 is 24.3 Å². The van der Waals surface area contributed by atoms with Gasteiger partial charge < -0.3 is 20.4 Å². The van der Waals surface area contributed by atoms with Crippen LogP contribution in [0.5, 0.6) is 0 Å². The van der Waals surface area contributed by atoms with Crippen molar-refractivity contribution >= 4 is 5.97 Å². The summed E-state index contributed by atoms with van der Waals surface area (Å²) in [5.41, 5.74) is 0. The Morgan fingerprint density at radius 1 is 1.11 bits per heavy atom. The van der Waals surface area contributed by atoms with Gasteiger partial charge >= 0.3 is 5.97 Å². The average molecular weight is 381 g/mol. The largest absolute Gasteiger partial charge is 0.481 e. The molecule has 2 rings (SSSR count). The smallest absolute Gasteiger partial charge is 0.303 e. The summed E-state index contributed by atoms with van der Waals surface area (Å²) >= 11 is 0. The maximum absolute atomic E-state index is 10.5. The van der Waals surface area contributed by atoms with Gasteiger partial charge in [0.1, 0.15) is 0 Å². The quantitative estimate of drug-likeness (QED) is 0.325. The molecule has 0 aromatic heterocycles. The highest BCUT2D eigenvalue weighted by Gasteiger charge is 2.39. The summed E-state index contributed by atoms with van der Waals surface area (Å²) in [4.78, 5) is 10.5. The van der Waals surface area contributed by atoms with Crippen LogP contribution in [0.4, 0.5) is 0 Å². The molecule has 5 nitrogen and oxygen atoms in total. The Kier molecular flexibility index (Phi) is 9.52. The summed E-state index contributed by atoms with van der Waals surface area (Å²) in [6.07, 6.45) is 15.4. The topological polar surface area (TPSA) is 98.0 Å². The number of aliphatic hydroxyl groups excluding tert-OH is 3. The number of aliphatic hydroxyl groups is 3. The van der Waals surface area contributed by atoms with Crippen molar-refractivity contribution < 1.29 is 25.2 Å². The van der Waals surface area contributed by atoms with Crippen molar-refractivity contribution in [2.45, 2.75) is 88.9 Å². The summed E-state index contributed by atoms with van der Waals surface area (Å²) in [7, 11) is 0. The first-order valence-electron chi connectivity index (χ1n) is 10.6. The van der Waals surface area contributed by atoms with E-state index in [9.17, 15) is 20.1 Å². The van der Waals surface area contributed by atoms with Crippen LogP contribution in [0.15, 0.2) is 24.3 Å². The van der Waals surface area contributed by atoms with E-state index in [4.69, 9.17) is 5.11 Å². The lowest BCUT2D eigenvalue weighted by atomic mass is 9.86. The van der Waals surface area contributed by atoms with E-state index in [0.717, 1.165) is 51.4 Å². The maximum atomic E-state index is 10.5. The van der Waals surface area contributed by atoms with Crippen molar-refractivity contribution in [1.82, 2.24) is 0 Å². The standard InChI is InChI=1S/C22H36O5/c23-17(14-16-8-4-3-5-9-16)12-13-19-18(20(24)15-21(19)25)10-6-1-2-7-11-22(26)27/h3-4,12-13,16-21,23-25H,1-2,5-11,14-15H2,(H,26,27)/t16?,17?,18-,19-,20+,21-/m1/s1. The molecule has 2 unspecified atom stereocenters. The van der Waals surface area contributed by atoms with Gasteiger partial charge in [-0.15, -0.1) is 0 Å². The highest BCUT2D eigenvalue weighted by Crippen LogP contribution is 2.37. The Labute approximate surface area is 162 Å². The molecule has 1 saturated carbocycles. The van der Waals surface area contributed by atoms with Gasteiger partial charge in [0.15, 0.2) is 0 Å². The lowest BCUT2D eigenvalue weighted by Gasteiger charge is -2.22. The van der Waals surface area contributed by atoms with E-state index in [-0.39, 0.29) is 18.3 Å². The molecule has 27 heavy (non-hydrogen) atoms. The zero-order valence-corrected chi connectivity index (χ0v) is 16.2. The van der Waals surface area contributed by atoms with Crippen molar-refractivity contribution in [3.63, 3.8) is 0 Å². The minimum Gasteiger partial charge on any atom is -0.481 e. The van der Waals surface area contributed by atoms with Gasteiger partial charge in [0, 0.05) is 18.8 Å². The van der Waals surface area contributed by atoms with Gasteiger partial charge in [0.05, 0.1) is 18.3 Å². The monoisotopic (exact) mass is 380 g/mol. The Bertz CT molecular complexity index is 501. The second-order valence-electron chi connectivity index (χ2n) is 8.30. The highest BCUT2D eigenvalue weighted by atomic mass is 16.4. The van der Waals surface area contributed by atoms with Crippen LogP contribution in [0.3, 0.4) is 0 Å². The fourth-order valence-corrected chi connectivity index (χ4v) is 4.53. The van der Waals surface area contributed by atoms with Gasteiger partial charge in [-0.1, -0.05) is 43.6 Å². The Hall–Kier alpha value is -1.17. The van der Waals surface area contributed by atoms with Gasteiger partial charge in [0.25, 0.3) is 0 Å². The summed E-state index contributed by atoms with van der Waals surface area (Å²) in [6, 6.07) is 0. The van der Waals surface area contributed by atoms with Crippen LogP contribution in [-0.2, 0) is 4.79 Å². The highest BCUT2D eigenvalue weighted by molar-refractivity contribution is 5.66. The van der Waals surface area contributed by atoms with Crippen molar-refractivity contribution in [3.8, 4) is 0 Å². The minimum atomic E-state index is -0.752. The molecule has 0 spiro atoms. The van der Waals surface area contributed by atoms with Crippen LogP contribution < -0.4 is 0 Å². The fourth-order valence-electron chi connectivity index (χ4n) is 4.53. The third-order valence-corrected chi connectivity index (χ3v) is 6.10. The molecule has 2 aliphatic rings. The summed E-state index contributed by atoms with van der Waals surface area (Å²) in [5.74, 6) is -0.326. The fraction of sp³-hybridized carbons (Fsp3) is 0.773. The third kappa shape index (κ3) is 7.76. The van der Waals surface area contributed by atoms with E-state index in [1.165, 1.54) is 0 Å². The molecule has 2 aliphatic carbocycles. The van der Waals surface area contributed by atoms with E-state index >= 15 is 0 Å². The molecule has 0 amide bonds. The molecule has 0 saturated heterocycles. The number of unbranched alkanes of at least 4 members (excludes halogenated alkanes) is 3. The van der Waals surface area contributed by atoms with Crippen LogP contribution in [0.2, 0.25) is 0 Å². The molecule has 4 N–H and O–H groups in total. The number of allylic oxidation sites excluding steroid dienone is 2. The summed E-state index contributed by atoms with van der Waals surface area (Å²) in [5, 5.41) is 39.6. The lowest BCUT2D eigenvalue weighted by molar-refractivity contribution is -0.137. The number of hydrogen-bond acceptors (Lipinski definition) is 4. The van der Waals surface area contributed by atoms with Gasteiger partial charge in [-0.2, -0.15) is 0 Å². The molecule has 0 radical (unpaired) electrons. The number of carbonyl (C=O) groups is 1. The molecule has 5 heteroatoms. The number of hydrogen-bond donors (Lipinski definition) is 4. The SMILES string of the molecule is O=C(O)CCCCCC[C@@H]1[C@@H](C=CC(O)CC2CC=CCC2)[C@H](O)C[C@@H]1O. The van der Waals surface area contributed by atoms with Crippen LogP contribution in [-0.4, -0.2) is 44.7 Å². The first kappa shape index (κ1) is 22.1. The maximum Gasteiger partial charge on any atom is 0.303 e. The van der Waals surface area contributed by atoms with Crippen molar-refractivity contribution in [3.05, 3.63) is 24.3 Å². The number of carboxylic acid groups (broad SMARTS) is 1. The van der Waals surface area contributed by atoms with Crippen LogP contribution in [0.25, 0.3) is 0 Å². The van der Waals surface area contributed by atoms with E-state index in [1.807, 2.05) is 12.2 Å². The normalized spacial score (nSPS) is 32.2. The minimum absolute atomic E-state index is 0.0144. The lowest BCUT2D eigenvalue weighted by Crippen LogP contribution is -2.21. The molecular weight excluding hydrogens is 344 g/mol. The first-order valence-corrected chi connectivity index (χ1v) is 10.6. The summed E-state index contributed by atoms with van der Waals surface area (Å²) < 4.78 is 0. The molecule has 6 atom stereocenters. The predicted octanol–water partition coefficient (Wildman–Crippen LogP) is 3.43. The van der Waals surface area contributed by atoms with Crippen LogP contribution >= 0.6 is 0 Å². The van der Waals surface area contributed by atoms with E-state index in [0.29, 0.717) is 18.8 Å². The van der Waals surface area contributed by atoms with Gasteiger partial charge in [-0.25, -0.2) is 0 Å². The third-order valence-electron chi connectivity index (χ3n) is 6.10. The number of carboxylic acids is 1. The zero-order chi connectivity index (χ0) is 19.6. The van der Waals surface area contributed by atoms with E-state index in [1.54, 1.807) is 0 Å². The molecular formula is C22H36O5. The molecule has 0 aromatic carbocycles. The second-order valence-corrected chi connectivity index (χ2v) is 8.30. The van der Waals surface area contributed by atoms with Crippen molar-refractivity contribution in [2.24, 2.45) is 17.8 Å². The zero-order valence-electron chi connectivity index (χ0n) is 16.2. The molecule has 154 valence electrons. The predicted molar refractivity (Wildman–Crippen MR) is 105 cm³/mol. The van der Waals surface area contributed by atoms with Gasteiger partial charge in [0.2, 0.25) is 0 Å². The Balaban J connectivity index is 1.76. The number of aliphatic carboxylic acids is 1. The number of rotatable bonds is 11. The summed E-state index contributed by atoms with van der Waals surface area (Å²) in [6.45, 7) is 0. The molecule has 0 aliphatic heterocycles. The molecule has 0 bridgehead atoms. The van der Waals surface area contributed by atoms with Gasteiger partial charge in [-0.3, -0.25) is 4.79 Å². The molecule has 0 aromatic rings. The molecule has 0 heterocycles. The Morgan fingerprint density at radius 3 is 2.59 bits per heavy atom.